The first kappa shape index (κ1) is 14.2. The Balaban J connectivity index is 4.50. The predicted octanol–water partition coefficient (Wildman–Crippen LogP) is 2.42. The van der Waals surface area contributed by atoms with E-state index in [-0.39, 0.29) is 12.5 Å². The van der Waals surface area contributed by atoms with Crippen LogP contribution >= 0.6 is 0 Å². The van der Waals surface area contributed by atoms with Gasteiger partial charge in [0.15, 0.2) is 0 Å². The van der Waals surface area contributed by atoms with Gasteiger partial charge in [0.2, 0.25) is 0 Å². The van der Waals surface area contributed by atoms with Crippen molar-refractivity contribution in [1.29, 1.82) is 0 Å². The van der Waals surface area contributed by atoms with Crippen LogP contribution in [0.25, 0.3) is 0 Å². The Hall–Kier alpha value is -0.830. The Labute approximate surface area is 92.4 Å². The van der Waals surface area contributed by atoms with Crippen molar-refractivity contribution >= 4 is 5.97 Å². The van der Waals surface area contributed by atoms with E-state index in [2.05, 4.69) is 19.9 Å². The van der Waals surface area contributed by atoms with Crippen molar-refractivity contribution in [1.82, 2.24) is 0 Å². The van der Waals surface area contributed by atoms with Gasteiger partial charge in [-0.05, 0) is 18.3 Å². The molecule has 0 aromatic heterocycles. The summed E-state index contributed by atoms with van der Waals surface area (Å²) >= 11 is 0. The first-order valence-electron chi connectivity index (χ1n) is 5.51. The maximum absolute atomic E-state index is 10.6. The lowest BCUT2D eigenvalue weighted by atomic mass is 9.92. The average molecular weight is 213 g/mol. The van der Waals surface area contributed by atoms with E-state index in [1.54, 1.807) is 0 Å². The van der Waals surface area contributed by atoms with Crippen LogP contribution in [0.15, 0.2) is 11.6 Å². The van der Waals surface area contributed by atoms with E-state index in [4.69, 9.17) is 10.8 Å². The zero-order valence-electron chi connectivity index (χ0n) is 10.2. The molecule has 0 fully saturated rings. The van der Waals surface area contributed by atoms with Gasteiger partial charge in [-0.3, -0.25) is 4.79 Å². The Bertz CT molecular complexity index is 232. The summed E-state index contributed by atoms with van der Waals surface area (Å²) in [6.45, 7) is 8.37. The van der Waals surface area contributed by atoms with E-state index in [1.807, 2.05) is 13.8 Å². The van der Waals surface area contributed by atoms with Crippen LogP contribution in [-0.2, 0) is 4.79 Å². The van der Waals surface area contributed by atoms with Gasteiger partial charge < -0.3 is 10.8 Å². The first-order chi connectivity index (χ1) is 6.84. The van der Waals surface area contributed by atoms with Gasteiger partial charge >= 0.3 is 5.97 Å². The van der Waals surface area contributed by atoms with Crippen LogP contribution in [-0.4, -0.2) is 17.1 Å². The van der Waals surface area contributed by atoms with Crippen LogP contribution < -0.4 is 5.73 Å². The zero-order chi connectivity index (χ0) is 12.0. The molecule has 3 heteroatoms. The van der Waals surface area contributed by atoms with Gasteiger partial charge in [-0.25, -0.2) is 0 Å². The Morgan fingerprint density at radius 1 is 1.33 bits per heavy atom. The molecular weight excluding hydrogens is 190 g/mol. The van der Waals surface area contributed by atoms with E-state index in [0.717, 1.165) is 12.0 Å². The fourth-order valence-electron chi connectivity index (χ4n) is 1.49. The van der Waals surface area contributed by atoms with Crippen molar-refractivity contribution < 1.29 is 9.90 Å². The van der Waals surface area contributed by atoms with Gasteiger partial charge in [-0.2, -0.15) is 0 Å². The smallest absolute Gasteiger partial charge is 0.305 e. The highest BCUT2D eigenvalue weighted by atomic mass is 16.4. The monoisotopic (exact) mass is 213 g/mol. The normalized spacial score (nSPS) is 14.7. The fourth-order valence-corrected chi connectivity index (χ4v) is 1.49. The van der Waals surface area contributed by atoms with Gasteiger partial charge in [0.05, 0.1) is 6.42 Å². The molecule has 1 unspecified atom stereocenters. The minimum atomic E-state index is -0.835. The van der Waals surface area contributed by atoms with Crippen LogP contribution in [0.2, 0.25) is 0 Å². The molecule has 0 rings (SSSR count). The highest BCUT2D eigenvalue weighted by Crippen LogP contribution is 2.17. The number of rotatable bonds is 6. The predicted molar refractivity (Wildman–Crippen MR) is 62.6 cm³/mol. The molecule has 0 aliphatic heterocycles. The van der Waals surface area contributed by atoms with Crippen LogP contribution in [0.1, 0.15) is 40.5 Å². The summed E-state index contributed by atoms with van der Waals surface area (Å²) in [6, 6.07) is -0.346. The number of carboxylic acid groups (broad SMARTS) is 1. The van der Waals surface area contributed by atoms with E-state index in [0.29, 0.717) is 11.8 Å². The second-order valence-electron chi connectivity index (χ2n) is 4.69. The third kappa shape index (κ3) is 6.28. The largest absolute Gasteiger partial charge is 0.481 e. The number of carbonyl (C=O) groups is 1. The van der Waals surface area contributed by atoms with Crippen LogP contribution in [0.3, 0.4) is 0 Å². The van der Waals surface area contributed by atoms with E-state index >= 15 is 0 Å². The van der Waals surface area contributed by atoms with Crippen molar-refractivity contribution in [2.45, 2.75) is 46.6 Å². The van der Waals surface area contributed by atoms with Gasteiger partial charge in [0.1, 0.15) is 0 Å². The molecule has 0 aliphatic rings. The van der Waals surface area contributed by atoms with E-state index in [1.165, 1.54) is 0 Å². The van der Waals surface area contributed by atoms with Crippen molar-refractivity contribution in [2.24, 2.45) is 17.6 Å². The number of nitrogens with two attached hydrogens (primary N) is 1. The number of hydrogen-bond acceptors (Lipinski definition) is 2. The molecule has 88 valence electrons. The molecule has 0 heterocycles. The zero-order valence-corrected chi connectivity index (χ0v) is 10.2. The second kappa shape index (κ2) is 6.62. The lowest BCUT2D eigenvalue weighted by Crippen LogP contribution is -2.28. The second-order valence-corrected chi connectivity index (χ2v) is 4.69. The Morgan fingerprint density at radius 2 is 1.87 bits per heavy atom. The van der Waals surface area contributed by atoms with Crippen LogP contribution in [0, 0.1) is 11.8 Å². The summed E-state index contributed by atoms with van der Waals surface area (Å²) < 4.78 is 0. The van der Waals surface area contributed by atoms with Gasteiger partial charge in [-0.1, -0.05) is 39.3 Å². The number of allylic oxidation sites excluding steroid dienone is 1. The Morgan fingerprint density at radius 3 is 2.20 bits per heavy atom. The molecule has 0 aromatic carbocycles. The van der Waals surface area contributed by atoms with E-state index in [9.17, 15) is 4.79 Å². The van der Waals surface area contributed by atoms with Crippen molar-refractivity contribution in [3.63, 3.8) is 0 Å². The number of hydrogen-bond donors (Lipinski definition) is 2. The quantitative estimate of drug-likeness (QED) is 0.666. The molecule has 0 amide bonds. The summed E-state index contributed by atoms with van der Waals surface area (Å²) in [5.41, 5.74) is 6.92. The summed E-state index contributed by atoms with van der Waals surface area (Å²) in [5, 5.41) is 8.68. The van der Waals surface area contributed by atoms with Crippen molar-refractivity contribution in [3.05, 3.63) is 11.6 Å². The van der Waals surface area contributed by atoms with Gasteiger partial charge in [0.25, 0.3) is 0 Å². The maximum Gasteiger partial charge on any atom is 0.305 e. The summed E-state index contributed by atoms with van der Waals surface area (Å²) in [6.07, 6.45) is 3.08. The SMILES string of the molecule is CC(C)C/C=C(\C(C)C)C(N)CC(=O)O. The lowest BCUT2D eigenvalue weighted by Gasteiger charge is -2.18. The van der Waals surface area contributed by atoms with Crippen LogP contribution in [0.5, 0.6) is 0 Å². The third-order valence-corrected chi connectivity index (χ3v) is 2.31. The van der Waals surface area contributed by atoms with E-state index < -0.39 is 5.97 Å². The minimum absolute atomic E-state index is 0.0160. The minimum Gasteiger partial charge on any atom is -0.481 e. The fraction of sp³-hybridized carbons (Fsp3) is 0.750. The molecule has 0 saturated heterocycles. The number of carboxylic acids is 1. The molecule has 0 spiro atoms. The number of aliphatic carboxylic acids is 1. The Kier molecular flexibility index (Phi) is 6.25. The summed E-state index contributed by atoms with van der Waals surface area (Å²) in [5.74, 6) is 0.0625. The van der Waals surface area contributed by atoms with Gasteiger partial charge in [-0.15, -0.1) is 0 Å². The molecule has 0 bridgehead atoms. The molecule has 1 atom stereocenters. The average Bonchev–Trinajstić information content (AvgIpc) is 2.01. The first-order valence-corrected chi connectivity index (χ1v) is 5.51. The molecule has 0 aliphatic carbocycles. The molecule has 0 saturated carbocycles. The molecule has 3 nitrogen and oxygen atoms in total. The third-order valence-electron chi connectivity index (χ3n) is 2.31. The van der Waals surface area contributed by atoms with Crippen LogP contribution in [0.4, 0.5) is 0 Å². The molecule has 15 heavy (non-hydrogen) atoms. The van der Waals surface area contributed by atoms with Crippen molar-refractivity contribution in [2.75, 3.05) is 0 Å². The highest BCUT2D eigenvalue weighted by molar-refractivity contribution is 5.68. The highest BCUT2D eigenvalue weighted by Gasteiger charge is 2.15. The molecular formula is C12H23NO2. The van der Waals surface area contributed by atoms with Gasteiger partial charge in [0, 0.05) is 6.04 Å². The topological polar surface area (TPSA) is 63.3 Å². The maximum atomic E-state index is 10.6. The standard InChI is InChI=1S/C12H23NO2/c1-8(2)5-6-10(9(3)4)11(13)7-12(14)15/h6,8-9,11H,5,7,13H2,1-4H3,(H,14,15)/b10-6+. The van der Waals surface area contributed by atoms with Crippen molar-refractivity contribution in [3.8, 4) is 0 Å². The summed E-state index contributed by atoms with van der Waals surface area (Å²) in [4.78, 5) is 10.6. The molecule has 3 N–H and O–H groups in total. The molecule has 0 aromatic rings. The summed E-state index contributed by atoms with van der Waals surface area (Å²) in [7, 11) is 0. The molecule has 0 radical (unpaired) electrons. The lowest BCUT2D eigenvalue weighted by molar-refractivity contribution is -0.137.